The van der Waals surface area contributed by atoms with Crippen molar-refractivity contribution in [1.82, 2.24) is 15.3 Å². The lowest BCUT2D eigenvalue weighted by Crippen LogP contribution is -2.26. The predicted octanol–water partition coefficient (Wildman–Crippen LogP) is 0.759. The largest absolute Gasteiger partial charge is 0.352 e. The normalized spacial score (nSPS) is 9.57. The number of nitrogens with two attached hydrogens (primary N) is 1. The summed E-state index contributed by atoms with van der Waals surface area (Å²) in [5.74, 6) is 5.42. The van der Waals surface area contributed by atoms with Crippen LogP contribution < -0.4 is 11.1 Å². The highest BCUT2D eigenvalue weighted by Gasteiger charge is 2.06. The molecule has 2 heterocycles. The Morgan fingerprint density at radius 1 is 1.33 bits per heavy atom. The van der Waals surface area contributed by atoms with Crippen molar-refractivity contribution in [2.75, 3.05) is 13.1 Å². The third kappa shape index (κ3) is 4.71. The molecule has 0 saturated carbocycles. The highest BCUT2D eigenvalue weighted by molar-refractivity contribution is 5.94. The smallest absolute Gasteiger partial charge is 0.252 e. The fourth-order valence-corrected chi connectivity index (χ4v) is 1.74. The van der Waals surface area contributed by atoms with E-state index in [-0.39, 0.29) is 12.5 Å². The van der Waals surface area contributed by atoms with E-state index in [0.717, 1.165) is 5.69 Å². The summed E-state index contributed by atoms with van der Waals surface area (Å²) in [4.78, 5) is 20.2. The first-order valence-corrected chi connectivity index (χ1v) is 6.61. The van der Waals surface area contributed by atoms with Gasteiger partial charge in [-0.05, 0) is 18.2 Å². The van der Waals surface area contributed by atoms with Gasteiger partial charge < -0.3 is 11.1 Å². The van der Waals surface area contributed by atoms with Gasteiger partial charge in [-0.1, -0.05) is 17.9 Å². The van der Waals surface area contributed by atoms with Crippen LogP contribution in [0.1, 0.15) is 21.6 Å². The zero-order valence-electron chi connectivity index (χ0n) is 11.5. The van der Waals surface area contributed by atoms with E-state index in [2.05, 4.69) is 27.1 Å². The molecular weight excluding hydrogens is 264 g/mol. The molecule has 106 valence electrons. The molecule has 0 saturated heterocycles. The molecule has 0 spiro atoms. The summed E-state index contributed by atoms with van der Waals surface area (Å²) in [6.45, 7) is 0.801. The summed E-state index contributed by atoms with van der Waals surface area (Å²) >= 11 is 0. The van der Waals surface area contributed by atoms with Crippen LogP contribution in [0.25, 0.3) is 0 Å². The average Bonchev–Trinajstić information content (AvgIpc) is 2.54. The molecule has 2 rings (SSSR count). The number of pyridine rings is 2. The van der Waals surface area contributed by atoms with E-state index in [1.165, 1.54) is 6.20 Å². The molecule has 0 aliphatic carbocycles. The minimum absolute atomic E-state index is 0.171. The number of nitrogens with zero attached hydrogens (tertiary/aromatic N) is 2. The number of rotatable bonds is 4. The SMILES string of the molecule is NCC#Cc1cncc(C(=O)NCCc2ccccn2)c1. The zero-order chi connectivity index (χ0) is 14.9. The maximum Gasteiger partial charge on any atom is 0.252 e. The molecule has 1 amide bonds. The van der Waals surface area contributed by atoms with Gasteiger partial charge in [-0.15, -0.1) is 0 Å². The molecule has 0 fully saturated rings. The molecule has 5 nitrogen and oxygen atoms in total. The van der Waals surface area contributed by atoms with Gasteiger partial charge in [0.1, 0.15) is 0 Å². The topological polar surface area (TPSA) is 80.9 Å². The lowest BCUT2D eigenvalue weighted by Gasteiger charge is -2.05. The molecule has 0 aromatic carbocycles. The fourth-order valence-electron chi connectivity index (χ4n) is 1.74. The van der Waals surface area contributed by atoms with Crippen molar-refractivity contribution < 1.29 is 4.79 Å². The number of hydrogen-bond donors (Lipinski definition) is 2. The van der Waals surface area contributed by atoms with E-state index in [9.17, 15) is 4.79 Å². The standard InChI is InChI=1S/C16H16N4O/c17-7-3-4-13-10-14(12-18-11-13)16(21)20-9-6-15-5-1-2-8-19-15/h1-2,5,8,10-12H,6-7,9,17H2,(H,20,21). The van der Waals surface area contributed by atoms with E-state index in [0.29, 0.717) is 24.1 Å². The summed E-state index contributed by atoms with van der Waals surface area (Å²) in [7, 11) is 0. The van der Waals surface area contributed by atoms with Gasteiger partial charge >= 0.3 is 0 Å². The van der Waals surface area contributed by atoms with Crippen LogP contribution in [0.5, 0.6) is 0 Å². The van der Waals surface area contributed by atoms with E-state index in [1.807, 2.05) is 18.2 Å². The third-order valence-corrected chi connectivity index (χ3v) is 2.73. The Labute approximate surface area is 123 Å². The summed E-state index contributed by atoms with van der Waals surface area (Å²) in [6.07, 6.45) is 5.55. The van der Waals surface area contributed by atoms with Crippen molar-refractivity contribution in [2.45, 2.75) is 6.42 Å². The first-order valence-electron chi connectivity index (χ1n) is 6.61. The van der Waals surface area contributed by atoms with Crippen molar-refractivity contribution in [1.29, 1.82) is 0 Å². The summed E-state index contributed by atoms with van der Waals surface area (Å²) in [5, 5.41) is 2.84. The Kier molecular flexibility index (Phi) is 5.44. The van der Waals surface area contributed by atoms with Gasteiger partial charge in [0.25, 0.3) is 5.91 Å². The van der Waals surface area contributed by atoms with Crippen LogP contribution in [0.3, 0.4) is 0 Å². The lowest BCUT2D eigenvalue weighted by atomic mass is 10.2. The van der Waals surface area contributed by atoms with Gasteiger partial charge in [0.2, 0.25) is 0 Å². The molecule has 0 aliphatic heterocycles. The maximum atomic E-state index is 12.0. The van der Waals surface area contributed by atoms with Gasteiger partial charge in [-0.25, -0.2) is 0 Å². The van der Waals surface area contributed by atoms with Crippen LogP contribution in [0, 0.1) is 11.8 Å². The van der Waals surface area contributed by atoms with E-state index in [1.54, 1.807) is 18.5 Å². The molecular formula is C16H16N4O. The van der Waals surface area contributed by atoms with Gasteiger partial charge in [-0.2, -0.15) is 0 Å². The number of carbonyl (C=O) groups is 1. The minimum atomic E-state index is -0.171. The molecule has 0 radical (unpaired) electrons. The maximum absolute atomic E-state index is 12.0. The fraction of sp³-hybridized carbons (Fsp3) is 0.188. The molecule has 0 bridgehead atoms. The Morgan fingerprint density at radius 2 is 2.24 bits per heavy atom. The molecule has 21 heavy (non-hydrogen) atoms. The molecule has 0 atom stereocenters. The second-order valence-corrected chi connectivity index (χ2v) is 4.30. The van der Waals surface area contributed by atoms with Crippen LogP contribution in [0.2, 0.25) is 0 Å². The van der Waals surface area contributed by atoms with Gasteiger partial charge in [0.15, 0.2) is 0 Å². The van der Waals surface area contributed by atoms with Crippen LogP contribution >= 0.6 is 0 Å². The highest BCUT2D eigenvalue weighted by atomic mass is 16.1. The first kappa shape index (κ1) is 14.7. The summed E-state index contributed by atoms with van der Waals surface area (Å²) in [5.41, 5.74) is 7.42. The first-order chi connectivity index (χ1) is 10.3. The van der Waals surface area contributed by atoms with Crippen molar-refractivity contribution in [2.24, 2.45) is 5.73 Å². The number of nitrogens with one attached hydrogen (secondary N) is 1. The average molecular weight is 280 g/mol. The second-order valence-electron chi connectivity index (χ2n) is 4.30. The van der Waals surface area contributed by atoms with Gasteiger partial charge in [-0.3, -0.25) is 14.8 Å². The van der Waals surface area contributed by atoms with Crippen molar-refractivity contribution in [3.63, 3.8) is 0 Å². The Bertz CT molecular complexity index is 659. The molecule has 2 aromatic heterocycles. The van der Waals surface area contributed by atoms with Crippen LogP contribution in [-0.4, -0.2) is 29.0 Å². The van der Waals surface area contributed by atoms with Crippen molar-refractivity contribution >= 4 is 5.91 Å². The highest BCUT2D eigenvalue weighted by Crippen LogP contribution is 2.01. The van der Waals surface area contributed by atoms with Crippen LogP contribution in [0.15, 0.2) is 42.9 Å². The van der Waals surface area contributed by atoms with Crippen LogP contribution in [0.4, 0.5) is 0 Å². The second kappa shape index (κ2) is 7.78. The lowest BCUT2D eigenvalue weighted by molar-refractivity contribution is 0.0953. The minimum Gasteiger partial charge on any atom is -0.352 e. The van der Waals surface area contributed by atoms with Crippen molar-refractivity contribution in [3.05, 3.63) is 59.7 Å². The number of amides is 1. The Morgan fingerprint density at radius 3 is 3.00 bits per heavy atom. The predicted molar refractivity (Wildman–Crippen MR) is 80.4 cm³/mol. The number of aromatic nitrogens is 2. The monoisotopic (exact) mass is 280 g/mol. The van der Waals surface area contributed by atoms with E-state index >= 15 is 0 Å². The number of carbonyl (C=O) groups excluding carboxylic acids is 1. The number of hydrogen-bond acceptors (Lipinski definition) is 4. The van der Waals surface area contributed by atoms with Crippen LogP contribution in [-0.2, 0) is 6.42 Å². The van der Waals surface area contributed by atoms with E-state index in [4.69, 9.17) is 5.73 Å². The third-order valence-electron chi connectivity index (χ3n) is 2.73. The molecule has 5 heteroatoms. The summed E-state index contributed by atoms with van der Waals surface area (Å²) < 4.78 is 0. The molecule has 3 N–H and O–H groups in total. The van der Waals surface area contributed by atoms with Gasteiger partial charge in [0.05, 0.1) is 12.1 Å². The molecule has 0 unspecified atom stereocenters. The quantitative estimate of drug-likeness (QED) is 0.810. The Hall–Kier alpha value is -2.71. The molecule has 2 aromatic rings. The molecule has 0 aliphatic rings. The van der Waals surface area contributed by atoms with E-state index < -0.39 is 0 Å². The van der Waals surface area contributed by atoms with Gasteiger partial charge in [0, 0.05) is 42.8 Å². The van der Waals surface area contributed by atoms with Crippen molar-refractivity contribution in [3.8, 4) is 11.8 Å². The zero-order valence-corrected chi connectivity index (χ0v) is 11.5. The summed E-state index contributed by atoms with van der Waals surface area (Å²) in [6, 6.07) is 7.41. The Balaban J connectivity index is 1.91.